The molecule has 1 aromatic heterocycles. The molecule has 0 radical (unpaired) electrons. The van der Waals surface area contributed by atoms with Crippen molar-refractivity contribution in [1.82, 2.24) is 0 Å². The van der Waals surface area contributed by atoms with E-state index in [-0.39, 0.29) is 6.04 Å². The number of hydrogen-bond acceptors (Lipinski definition) is 2. The summed E-state index contributed by atoms with van der Waals surface area (Å²) in [5, 5.41) is 0.788. The first-order chi connectivity index (χ1) is 7.18. The Labute approximate surface area is 98.5 Å². The number of nitrogens with two attached hydrogens (primary N) is 1. The molecule has 1 unspecified atom stereocenters. The van der Waals surface area contributed by atoms with Crippen LogP contribution in [0, 0.1) is 0 Å². The molecular weight excluding hydrogens is 226 g/mol. The Balaban J connectivity index is 2.42. The second-order valence-corrected chi connectivity index (χ2v) is 4.99. The highest BCUT2D eigenvalue weighted by Crippen LogP contribution is 2.34. The van der Waals surface area contributed by atoms with Gasteiger partial charge in [-0.3, -0.25) is 0 Å². The first-order valence-electron chi connectivity index (χ1n) is 4.78. The Morgan fingerprint density at radius 2 is 1.93 bits per heavy atom. The van der Waals surface area contributed by atoms with Crippen molar-refractivity contribution in [2.45, 2.75) is 13.0 Å². The van der Waals surface area contributed by atoms with Gasteiger partial charge in [-0.15, -0.1) is 11.3 Å². The molecule has 78 valence electrons. The Bertz CT molecular complexity index is 462. The van der Waals surface area contributed by atoms with E-state index < -0.39 is 0 Å². The molecule has 0 bridgehead atoms. The molecule has 2 rings (SSSR count). The summed E-state index contributed by atoms with van der Waals surface area (Å²) in [7, 11) is 0. The highest BCUT2D eigenvalue weighted by atomic mass is 35.5. The predicted octanol–water partition coefficient (Wildman–Crippen LogP) is 4.09. The van der Waals surface area contributed by atoms with Gasteiger partial charge in [0, 0.05) is 26.4 Å². The molecular formula is C12H12ClNS. The van der Waals surface area contributed by atoms with E-state index in [4.69, 9.17) is 17.3 Å². The topological polar surface area (TPSA) is 26.0 Å². The Kier molecular flexibility index (Phi) is 3.10. The van der Waals surface area contributed by atoms with Gasteiger partial charge >= 0.3 is 0 Å². The second-order valence-electron chi connectivity index (χ2n) is 3.47. The number of rotatable bonds is 2. The Morgan fingerprint density at radius 3 is 2.53 bits per heavy atom. The molecule has 0 amide bonds. The fraction of sp³-hybridized carbons (Fsp3) is 0.167. The van der Waals surface area contributed by atoms with Crippen LogP contribution in [0.25, 0.3) is 10.4 Å². The van der Waals surface area contributed by atoms with E-state index in [0.717, 1.165) is 10.6 Å². The summed E-state index contributed by atoms with van der Waals surface area (Å²) in [6.07, 6.45) is 0. The molecule has 1 aromatic carbocycles. The molecule has 2 aromatic rings. The molecule has 0 aliphatic heterocycles. The third kappa shape index (κ3) is 2.23. The number of thiophene rings is 1. The Hall–Kier alpha value is -0.830. The van der Waals surface area contributed by atoms with Gasteiger partial charge in [-0.05, 0) is 25.1 Å². The zero-order chi connectivity index (χ0) is 10.8. The maximum Gasteiger partial charge on any atom is 0.0492 e. The molecule has 0 fully saturated rings. The summed E-state index contributed by atoms with van der Waals surface area (Å²) >= 11 is 7.82. The minimum atomic E-state index is 0.0891. The van der Waals surface area contributed by atoms with Gasteiger partial charge in [-0.1, -0.05) is 29.8 Å². The van der Waals surface area contributed by atoms with E-state index in [1.807, 2.05) is 31.2 Å². The van der Waals surface area contributed by atoms with Crippen molar-refractivity contribution in [1.29, 1.82) is 0 Å². The highest BCUT2D eigenvalue weighted by molar-refractivity contribution is 7.15. The lowest BCUT2D eigenvalue weighted by Crippen LogP contribution is -2.01. The lowest BCUT2D eigenvalue weighted by atomic mass is 10.2. The van der Waals surface area contributed by atoms with Crippen LogP contribution in [0.2, 0.25) is 5.02 Å². The summed E-state index contributed by atoms with van der Waals surface area (Å²) in [6, 6.07) is 12.1. The average molecular weight is 238 g/mol. The van der Waals surface area contributed by atoms with Crippen molar-refractivity contribution < 1.29 is 0 Å². The highest BCUT2D eigenvalue weighted by Gasteiger charge is 2.07. The van der Waals surface area contributed by atoms with Crippen LogP contribution in [-0.2, 0) is 0 Å². The number of benzene rings is 1. The van der Waals surface area contributed by atoms with Crippen LogP contribution in [0.4, 0.5) is 0 Å². The minimum absolute atomic E-state index is 0.0891. The van der Waals surface area contributed by atoms with E-state index in [1.165, 1.54) is 9.75 Å². The molecule has 3 heteroatoms. The molecule has 1 atom stereocenters. The molecule has 0 spiro atoms. The zero-order valence-corrected chi connectivity index (χ0v) is 9.98. The summed E-state index contributed by atoms with van der Waals surface area (Å²) in [5.74, 6) is 0. The largest absolute Gasteiger partial charge is 0.324 e. The maximum absolute atomic E-state index is 6.12. The van der Waals surface area contributed by atoms with E-state index in [0.29, 0.717) is 0 Å². The third-order valence-electron chi connectivity index (χ3n) is 2.21. The van der Waals surface area contributed by atoms with Gasteiger partial charge in [0.1, 0.15) is 0 Å². The maximum atomic E-state index is 6.12. The SMILES string of the molecule is CC(N)c1ccc(-c2ccccc2Cl)s1. The summed E-state index contributed by atoms with van der Waals surface area (Å²) in [6.45, 7) is 1.99. The Morgan fingerprint density at radius 1 is 1.20 bits per heavy atom. The van der Waals surface area contributed by atoms with Crippen LogP contribution < -0.4 is 5.73 Å². The van der Waals surface area contributed by atoms with Crippen LogP contribution in [0.3, 0.4) is 0 Å². The van der Waals surface area contributed by atoms with Crippen molar-refractivity contribution in [2.75, 3.05) is 0 Å². The van der Waals surface area contributed by atoms with Gasteiger partial charge in [0.2, 0.25) is 0 Å². The van der Waals surface area contributed by atoms with Crippen LogP contribution in [0.5, 0.6) is 0 Å². The van der Waals surface area contributed by atoms with Gasteiger partial charge in [-0.25, -0.2) is 0 Å². The van der Waals surface area contributed by atoms with Gasteiger partial charge < -0.3 is 5.73 Å². The quantitative estimate of drug-likeness (QED) is 0.837. The fourth-order valence-corrected chi connectivity index (χ4v) is 2.70. The summed E-state index contributed by atoms with van der Waals surface area (Å²) < 4.78 is 0. The van der Waals surface area contributed by atoms with Gasteiger partial charge in [0.15, 0.2) is 0 Å². The van der Waals surface area contributed by atoms with Gasteiger partial charge in [0.25, 0.3) is 0 Å². The molecule has 0 aliphatic rings. The molecule has 0 saturated heterocycles. The number of hydrogen-bond donors (Lipinski definition) is 1. The fourth-order valence-electron chi connectivity index (χ4n) is 1.40. The van der Waals surface area contributed by atoms with E-state index >= 15 is 0 Å². The summed E-state index contributed by atoms with van der Waals surface area (Å²) in [5.41, 5.74) is 6.90. The smallest absolute Gasteiger partial charge is 0.0492 e. The zero-order valence-electron chi connectivity index (χ0n) is 8.41. The standard InChI is InChI=1S/C12H12ClNS/c1-8(14)11-6-7-12(15-11)9-4-2-3-5-10(9)13/h2-8H,14H2,1H3. The minimum Gasteiger partial charge on any atom is -0.324 e. The van der Waals surface area contributed by atoms with Crippen molar-refractivity contribution in [2.24, 2.45) is 5.73 Å². The molecule has 0 aliphatic carbocycles. The predicted molar refractivity (Wildman–Crippen MR) is 67.4 cm³/mol. The van der Waals surface area contributed by atoms with Gasteiger partial charge in [-0.2, -0.15) is 0 Å². The molecule has 2 N–H and O–H groups in total. The van der Waals surface area contributed by atoms with Crippen molar-refractivity contribution >= 4 is 22.9 Å². The average Bonchev–Trinajstić information content (AvgIpc) is 2.67. The van der Waals surface area contributed by atoms with Crippen molar-refractivity contribution in [3.8, 4) is 10.4 Å². The molecule has 1 heterocycles. The lowest BCUT2D eigenvalue weighted by molar-refractivity contribution is 0.838. The van der Waals surface area contributed by atoms with Crippen molar-refractivity contribution in [3.05, 3.63) is 46.3 Å². The first kappa shape index (κ1) is 10.7. The summed E-state index contributed by atoms with van der Waals surface area (Å²) in [4.78, 5) is 2.36. The molecule has 15 heavy (non-hydrogen) atoms. The van der Waals surface area contributed by atoms with Crippen LogP contribution in [0.1, 0.15) is 17.8 Å². The van der Waals surface area contributed by atoms with Crippen LogP contribution in [0.15, 0.2) is 36.4 Å². The van der Waals surface area contributed by atoms with Crippen LogP contribution in [-0.4, -0.2) is 0 Å². The van der Waals surface area contributed by atoms with E-state index in [9.17, 15) is 0 Å². The second kappa shape index (κ2) is 4.35. The van der Waals surface area contributed by atoms with Crippen LogP contribution >= 0.6 is 22.9 Å². The lowest BCUT2D eigenvalue weighted by Gasteiger charge is -2.01. The van der Waals surface area contributed by atoms with E-state index in [1.54, 1.807) is 11.3 Å². The monoisotopic (exact) mass is 237 g/mol. The van der Waals surface area contributed by atoms with Gasteiger partial charge in [0.05, 0.1) is 0 Å². The third-order valence-corrected chi connectivity index (χ3v) is 3.86. The number of halogens is 1. The van der Waals surface area contributed by atoms with E-state index in [2.05, 4.69) is 12.1 Å². The normalized spacial score (nSPS) is 12.7. The first-order valence-corrected chi connectivity index (χ1v) is 5.98. The van der Waals surface area contributed by atoms with Crippen molar-refractivity contribution in [3.63, 3.8) is 0 Å². The molecule has 1 nitrogen and oxygen atoms in total. The molecule has 0 saturated carbocycles.